The molecule has 9 saturated heterocycles. The zero-order valence-electron chi connectivity index (χ0n) is 67.1. The molecule has 5 amide bonds. The van der Waals surface area contributed by atoms with Crippen molar-refractivity contribution in [3.8, 4) is 0 Å². The van der Waals surface area contributed by atoms with Crippen molar-refractivity contribution in [1.29, 1.82) is 0 Å². The largest absolute Gasteiger partial charge is 0.459 e. The van der Waals surface area contributed by atoms with Crippen molar-refractivity contribution in [3.05, 3.63) is 247 Å². The van der Waals surface area contributed by atoms with Crippen LogP contribution in [-0.2, 0) is 45.4 Å². The van der Waals surface area contributed by atoms with Gasteiger partial charge in [0.25, 0.3) is 5.91 Å². The lowest BCUT2D eigenvalue weighted by molar-refractivity contribution is -0.143. The van der Waals surface area contributed by atoms with E-state index in [1.54, 1.807) is 46.8 Å². The number of hydrogen-bond acceptors (Lipinski definition) is 14. The summed E-state index contributed by atoms with van der Waals surface area (Å²) in [5.41, 5.74) is 4.58. The van der Waals surface area contributed by atoms with E-state index in [1.807, 2.05) is 108 Å². The van der Waals surface area contributed by atoms with Crippen LogP contribution in [0, 0.1) is 5.92 Å². The quantitative estimate of drug-likeness (QED) is 0.0579. The van der Waals surface area contributed by atoms with Crippen molar-refractivity contribution in [2.24, 2.45) is 5.92 Å². The van der Waals surface area contributed by atoms with Gasteiger partial charge in [0.15, 0.2) is 5.76 Å². The average Bonchev–Trinajstić information content (AvgIpc) is 1.68. The van der Waals surface area contributed by atoms with Crippen LogP contribution in [0.5, 0.6) is 0 Å². The lowest BCUT2D eigenvalue weighted by atomic mass is 9.70. The molecule has 628 valence electrons. The predicted octanol–water partition coefficient (Wildman–Crippen LogP) is 15.8. The molecule has 0 radical (unpaired) electrons. The minimum atomic E-state index is -3.57. The summed E-state index contributed by atoms with van der Waals surface area (Å²) in [5.74, 6) is 1.23. The van der Waals surface area contributed by atoms with Crippen LogP contribution in [0.1, 0.15) is 130 Å². The van der Waals surface area contributed by atoms with Crippen LogP contribution in [0.4, 0.5) is 17.1 Å². The standard InChI is InChI=1S/C31H34Cl2N4O3S.C31H38Cl2N4O2.C30H32Cl2N4O3/c32-27-13-12-24(20-28(27)33)30(21-36(22-30)41(39,40)26-10-5-2-6-11-26)14-7-17-35-18-15-31(16-19-35)29(38)34-23-37(31)25-8-3-1-4-9-25;32-26-12-11-24(19-27(26)33)30(20-36(21-30)28(38)23-7-4-5-8-23)13-6-16-35-17-14-31(15-18-35)29(39)34-22-37(31)25-9-2-1-3-10-25;31-24-10-9-22(18-25(24)32)29(19-35(20-29)27(37)26-8-4-17-39-26)11-5-14-34-15-12-30(13-16-34)28(38)33-21-36(30)23-6-2-1-3-7-23/h1-6,8-13,20H,7,14-19,21-23H2,(H,34,38);1-3,9-12,19,23H,4-8,13-18,20-22H2,(H,34,39);1-4,6-10,17-18H,5,11-16,19-21H2,(H,33,38). The average molecular weight is 1750 g/mol. The van der Waals surface area contributed by atoms with E-state index in [2.05, 4.69) is 92.7 Å². The molecule has 9 aliphatic heterocycles. The molecule has 7 aromatic carbocycles. The summed E-state index contributed by atoms with van der Waals surface area (Å²) in [5, 5.41) is 12.4. The molecule has 0 atom stereocenters. The minimum absolute atomic E-state index is 0.0745. The Kier molecular flexibility index (Phi) is 25.5. The molecule has 0 unspecified atom stereocenters. The first kappa shape index (κ1) is 84.7. The summed E-state index contributed by atoms with van der Waals surface area (Å²) in [4.78, 5) is 83.3. The summed E-state index contributed by atoms with van der Waals surface area (Å²) in [6, 6.07) is 60.1. The Morgan fingerprint density at radius 3 is 1.08 bits per heavy atom. The molecule has 1 aromatic heterocycles. The fourth-order valence-electron chi connectivity index (χ4n) is 20.6. The fourth-order valence-corrected chi connectivity index (χ4v) is 23.1. The normalized spacial score (nSPS) is 21.2. The molecule has 10 heterocycles. The number of likely N-dealkylation sites (tertiary alicyclic amines) is 5. The first-order valence-corrected chi connectivity index (χ1v) is 45.8. The molecule has 27 heteroatoms. The van der Waals surface area contributed by atoms with Gasteiger partial charge in [0.2, 0.25) is 33.7 Å². The number of anilines is 3. The summed E-state index contributed by atoms with van der Waals surface area (Å²) in [6.45, 7) is 13.3. The highest BCUT2D eigenvalue weighted by atomic mass is 35.5. The van der Waals surface area contributed by atoms with E-state index >= 15 is 0 Å². The van der Waals surface area contributed by atoms with Crippen molar-refractivity contribution in [3.63, 3.8) is 0 Å². The van der Waals surface area contributed by atoms with Gasteiger partial charge in [-0.1, -0.05) is 173 Å². The van der Waals surface area contributed by atoms with Crippen LogP contribution in [0.15, 0.2) is 204 Å². The highest BCUT2D eigenvalue weighted by molar-refractivity contribution is 7.89. The monoisotopic (exact) mass is 1750 g/mol. The van der Waals surface area contributed by atoms with Gasteiger partial charge >= 0.3 is 0 Å². The second-order valence-electron chi connectivity index (χ2n) is 34.3. The number of nitrogens with one attached hydrogen (secondary N) is 3. The molecule has 1 saturated carbocycles. The van der Waals surface area contributed by atoms with E-state index in [0.29, 0.717) is 92.9 Å². The predicted molar refractivity (Wildman–Crippen MR) is 471 cm³/mol. The minimum Gasteiger partial charge on any atom is -0.459 e. The van der Waals surface area contributed by atoms with E-state index in [4.69, 9.17) is 74.0 Å². The van der Waals surface area contributed by atoms with Crippen LogP contribution in [0.25, 0.3) is 0 Å². The van der Waals surface area contributed by atoms with E-state index in [1.165, 1.54) is 24.7 Å². The smallest absolute Gasteiger partial charge is 0.289 e. The summed E-state index contributed by atoms with van der Waals surface area (Å²) in [7, 11) is -3.57. The molecule has 18 rings (SSSR count). The third kappa shape index (κ3) is 17.3. The number of nitrogens with zero attached hydrogens (tertiary/aromatic N) is 9. The van der Waals surface area contributed by atoms with Crippen molar-refractivity contribution in [1.82, 2.24) is 44.8 Å². The third-order valence-corrected chi connectivity index (χ3v) is 31.6. The van der Waals surface area contributed by atoms with Gasteiger partial charge in [-0.2, -0.15) is 4.31 Å². The van der Waals surface area contributed by atoms with E-state index in [-0.39, 0.29) is 45.8 Å². The number of amides is 5. The number of furan rings is 1. The zero-order chi connectivity index (χ0) is 82.7. The molecule has 20 nitrogen and oxygen atoms in total. The topological polar surface area (TPSA) is 198 Å². The number of para-hydroxylation sites is 3. The van der Waals surface area contributed by atoms with Gasteiger partial charge in [-0.25, -0.2) is 8.42 Å². The van der Waals surface area contributed by atoms with Crippen molar-refractivity contribution in [2.75, 3.05) is 133 Å². The first-order chi connectivity index (χ1) is 57.5. The molecule has 119 heavy (non-hydrogen) atoms. The molecule has 3 spiro atoms. The lowest BCUT2D eigenvalue weighted by Gasteiger charge is -2.52. The van der Waals surface area contributed by atoms with Crippen LogP contribution in [0.2, 0.25) is 30.1 Å². The van der Waals surface area contributed by atoms with E-state index in [9.17, 15) is 32.4 Å². The molecular weight excluding hydrogens is 1650 g/mol. The second-order valence-corrected chi connectivity index (χ2v) is 38.7. The number of piperidine rings is 3. The second kappa shape index (κ2) is 35.9. The van der Waals surface area contributed by atoms with Gasteiger partial charge in [-0.15, -0.1) is 0 Å². The maximum atomic E-state index is 13.3. The molecule has 3 N–H and O–H groups in total. The van der Waals surface area contributed by atoms with Crippen LogP contribution < -0.4 is 30.7 Å². The fraction of sp³-hybridized carbons (Fsp3) is 0.446. The zero-order valence-corrected chi connectivity index (χ0v) is 72.4. The van der Waals surface area contributed by atoms with Crippen molar-refractivity contribution >= 4 is 126 Å². The first-order valence-electron chi connectivity index (χ1n) is 42.1. The Morgan fingerprint density at radius 2 is 0.739 bits per heavy atom. The van der Waals surface area contributed by atoms with Gasteiger partial charge in [0, 0.05) is 118 Å². The van der Waals surface area contributed by atoms with Gasteiger partial charge in [-0.05, 0) is 223 Å². The maximum Gasteiger partial charge on any atom is 0.289 e. The highest BCUT2D eigenvalue weighted by Crippen LogP contribution is 2.48. The number of benzene rings is 7. The molecule has 0 bridgehead atoms. The van der Waals surface area contributed by atoms with Gasteiger partial charge < -0.3 is 59.6 Å². The summed E-state index contributed by atoms with van der Waals surface area (Å²) in [6.07, 6.45) is 16.4. The molecule has 10 fully saturated rings. The number of hydrogen-bond donors (Lipinski definition) is 3. The number of halogens is 6. The molecule has 10 aliphatic rings. The van der Waals surface area contributed by atoms with E-state index in [0.717, 1.165) is 190 Å². The summed E-state index contributed by atoms with van der Waals surface area (Å²) < 4.78 is 33.5. The Labute approximate surface area is 728 Å². The third-order valence-electron chi connectivity index (χ3n) is 27.6. The van der Waals surface area contributed by atoms with E-state index < -0.39 is 26.6 Å². The Morgan fingerprint density at radius 1 is 0.403 bits per heavy atom. The Balaban J connectivity index is 0.000000133. The highest BCUT2D eigenvalue weighted by Gasteiger charge is 2.56. The SMILES string of the molecule is O=C(C1CCCC1)N1CC(CCCN2CCC3(CC2)C(=O)NCN3c2ccccc2)(c2ccc(Cl)c(Cl)c2)C1.O=C(c1ccco1)N1CC(CCCN2CCC3(CC2)C(=O)NCN3c2ccccc2)(c2ccc(Cl)c(Cl)c2)C1.O=C1NCN(c2ccccc2)C12CCN(CCCC1(c3ccc(Cl)c(Cl)c3)CN(S(=O)(=O)c3ccccc3)C1)CC2. The Bertz CT molecular complexity index is 5030. The van der Waals surface area contributed by atoms with Crippen LogP contribution in [0.3, 0.4) is 0 Å². The van der Waals surface area contributed by atoms with Crippen molar-refractivity contribution < 1.29 is 36.8 Å². The van der Waals surface area contributed by atoms with Gasteiger partial charge in [0.05, 0.1) is 61.3 Å². The maximum absolute atomic E-state index is 13.3. The molecular formula is C92H104Cl6N12O8S. The number of carbonyl (C=O) groups is 5. The molecule has 1 aliphatic carbocycles. The molecule has 8 aromatic rings. The van der Waals surface area contributed by atoms with Gasteiger partial charge in [-0.3, -0.25) is 24.0 Å². The van der Waals surface area contributed by atoms with Crippen LogP contribution >= 0.6 is 69.6 Å². The van der Waals surface area contributed by atoms with Crippen LogP contribution in [-0.4, -0.2) is 202 Å². The summed E-state index contributed by atoms with van der Waals surface area (Å²) >= 11 is 37.9. The van der Waals surface area contributed by atoms with Gasteiger partial charge in [0.1, 0.15) is 16.6 Å². The number of rotatable bonds is 22. The number of sulfonamides is 1. The lowest BCUT2D eigenvalue weighted by Crippen LogP contribution is -2.62. The number of carbonyl (C=O) groups excluding carboxylic acids is 5. The Hall–Kier alpha value is -7.90. The van der Waals surface area contributed by atoms with Crippen molar-refractivity contribution in [2.45, 2.75) is 140 Å².